The van der Waals surface area contributed by atoms with Gasteiger partial charge in [0.15, 0.2) is 5.72 Å². The summed E-state index contributed by atoms with van der Waals surface area (Å²) in [5, 5.41) is 22.2. The van der Waals surface area contributed by atoms with Gasteiger partial charge in [0.2, 0.25) is 0 Å². The predicted octanol–water partition coefficient (Wildman–Crippen LogP) is 2.19. The topological polar surface area (TPSA) is 52.5 Å². The lowest BCUT2D eigenvalue weighted by Crippen LogP contribution is -2.36. The van der Waals surface area contributed by atoms with Gasteiger partial charge >= 0.3 is 0 Å². The van der Waals surface area contributed by atoms with Gasteiger partial charge in [-0.1, -0.05) is 18.2 Å². The number of allylic oxidation sites excluding steroid dienone is 1. The van der Waals surface area contributed by atoms with Crippen LogP contribution in [0.3, 0.4) is 0 Å². The van der Waals surface area contributed by atoms with Crippen molar-refractivity contribution < 1.29 is 10.2 Å². The van der Waals surface area contributed by atoms with E-state index in [0.29, 0.717) is 6.42 Å². The van der Waals surface area contributed by atoms with Crippen LogP contribution in [-0.4, -0.2) is 15.9 Å². The zero-order valence-electron chi connectivity index (χ0n) is 8.22. The van der Waals surface area contributed by atoms with Crippen molar-refractivity contribution in [1.82, 2.24) is 0 Å². The second-order valence-corrected chi connectivity index (χ2v) is 3.58. The van der Waals surface area contributed by atoms with Gasteiger partial charge in [-0.25, -0.2) is 0 Å². The molecular weight excluding hydrogens is 190 g/mol. The van der Waals surface area contributed by atoms with Crippen LogP contribution in [0, 0.1) is 0 Å². The molecule has 0 radical (unpaired) electrons. The third-order valence-electron chi connectivity index (χ3n) is 2.29. The summed E-state index contributed by atoms with van der Waals surface area (Å²) >= 11 is 0. The third kappa shape index (κ3) is 2.39. The van der Waals surface area contributed by atoms with E-state index in [2.05, 4.69) is 5.32 Å². The molecule has 2 rings (SSSR count). The minimum absolute atomic E-state index is 0.189. The molecule has 0 bridgehead atoms. The molecule has 3 N–H and O–H groups in total. The van der Waals surface area contributed by atoms with Crippen LogP contribution in [0.1, 0.15) is 6.42 Å². The maximum absolute atomic E-state index is 10.1. The average Bonchev–Trinajstić information content (AvgIpc) is 2.24. The van der Waals surface area contributed by atoms with Gasteiger partial charge < -0.3 is 15.5 Å². The van der Waals surface area contributed by atoms with Gasteiger partial charge in [0.05, 0.1) is 0 Å². The SMILES string of the molecule is OC1=CCC(O)(Nc2ccccc2)C=C1. The number of rotatable bonds is 2. The van der Waals surface area contributed by atoms with Crippen LogP contribution in [-0.2, 0) is 0 Å². The highest BCUT2D eigenvalue weighted by molar-refractivity contribution is 5.46. The van der Waals surface area contributed by atoms with Gasteiger partial charge in [0.25, 0.3) is 0 Å². The smallest absolute Gasteiger partial charge is 0.158 e. The highest BCUT2D eigenvalue weighted by Gasteiger charge is 2.24. The third-order valence-corrected chi connectivity index (χ3v) is 2.29. The second kappa shape index (κ2) is 3.79. The fourth-order valence-corrected chi connectivity index (χ4v) is 1.48. The Balaban J connectivity index is 2.10. The summed E-state index contributed by atoms with van der Waals surface area (Å²) in [6.07, 6.45) is 4.97. The Labute approximate surface area is 88.4 Å². The maximum Gasteiger partial charge on any atom is 0.158 e. The summed E-state index contributed by atoms with van der Waals surface area (Å²) in [6.45, 7) is 0. The Hall–Kier alpha value is -1.74. The van der Waals surface area contributed by atoms with Crippen LogP contribution in [0.5, 0.6) is 0 Å². The molecule has 3 nitrogen and oxygen atoms in total. The Morgan fingerprint density at radius 2 is 1.93 bits per heavy atom. The first-order valence-corrected chi connectivity index (χ1v) is 4.82. The summed E-state index contributed by atoms with van der Waals surface area (Å²) < 4.78 is 0. The quantitative estimate of drug-likeness (QED) is 0.646. The fourth-order valence-electron chi connectivity index (χ4n) is 1.48. The number of hydrogen-bond acceptors (Lipinski definition) is 3. The van der Waals surface area contributed by atoms with Crippen LogP contribution in [0.25, 0.3) is 0 Å². The fraction of sp³-hybridized carbons (Fsp3) is 0.167. The summed E-state index contributed by atoms with van der Waals surface area (Å²) in [7, 11) is 0. The first-order chi connectivity index (χ1) is 7.18. The highest BCUT2D eigenvalue weighted by atomic mass is 16.3. The minimum Gasteiger partial charge on any atom is -0.508 e. The van der Waals surface area contributed by atoms with Crippen molar-refractivity contribution in [1.29, 1.82) is 0 Å². The summed E-state index contributed by atoms with van der Waals surface area (Å²) in [5.41, 5.74) is -0.257. The maximum atomic E-state index is 10.1. The van der Waals surface area contributed by atoms with E-state index in [1.807, 2.05) is 30.3 Å². The molecule has 0 spiro atoms. The lowest BCUT2D eigenvalue weighted by molar-refractivity contribution is 0.121. The molecule has 0 aliphatic heterocycles. The van der Waals surface area contributed by atoms with Gasteiger partial charge in [-0.2, -0.15) is 0 Å². The molecule has 1 aliphatic rings. The highest BCUT2D eigenvalue weighted by Crippen LogP contribution is 2.22. The van der Waals surface area contributed by atoms with Crippen molar-refractivity contribution in [2.24, 2.45) is 0 Å². The van der Waals surface area contributed by atoms with Crippen molar-refractivity contribution in [3.8, 4) is 0 Å². The van der Waals surface area contributed by atoms with Gasteiger partial charge in [-0.05, 0) is 30.4 Å². The molecule has 0 amide bonds. The lowest BCUT2D eigenvalue weighted by Gasteiger charge is -2.27. The van der Waals surface area contributed by atoms with E-state index in [0.717, 1.165) is 5.69 Å². The van der Waals surface area contributed by atoms with E-state index < -0.39 is 5.72 Å². The first-order valence-electron chi connectivity index (χ1n) is 4.82. The largest absolute Gasteiger partial charge is 0.508 e. The number of nitrogens with one attached hydrogen (secondary N) is 1. The van der Waals surface area contributed by atoms with E-state index in [4.69, 9.17) is 5.11 Å². The van der Waals surface area contributed by atoms with Crippen LogP contribution in [0.15, 0.2) is 54.3 Å². The zero-order chi connectivity index (χ0) is 10.7. The van der Waals surface area contributed by atoms with Crippen molar-refractivity contribution >= 4 is 5.69 Å². The van der Waals surface area contributed by atoms with E-state index >= 15 is 0 Å². The number of benzene rings is 1. The van der Waals surface area contributed by atoms with E-state index in [1.165, 1.54) is 6.08 Å². The van der Waals surface area contributed by atoms with E-state index in [1.54, 1.807) is 12.2 Å². The molecule has 0 saturated carbocycles. The molecule has 0 heterocycles. The number of anilines is 1. The molecule has 1 aliphatic carbocycles. The number of hydrogen-bond donors (Lipinski definition) is 3. The van der Waals surface area contributed by atoms with Gasteiger partial charge in [0, 0.05) is 12.1 Å². The van der Waals surface area contributed by atoms with E-state index in [9.17, 15) is 5.11 Å². The Morgan fingerprint density at radius 3 is 2.53 bits per heavy atom. The summed E-state index contributed by atoms with van der Waals surface area (Å²) in [4.78, 5) is 0. The molecule has 15 heavy (non-hydrogen) atoms. The summed E-state index contributed by atoms with van der Waals surface area (Å²) in [6, 6.07) is 9.46. The number of aliphatic hydroxyl groups excluding tert-OH is 1. The van der Waals surface area contributed by atoms with Crippen LogP contribution in [0.2, 0.25) is 0 Å². The number of para-hydroxylation sites is 1. The average molecular weight is 203 g/mol. The monoisotopic (exact) mass is 203 g/mol. The molecule has 0 saturated heterocycles. The lowest BCUT2D eigenvalue weighted by atomic mass is 10.0. The molecule has 3 heteroatoms. The summed E-state index contributed by atoms with van der Waals surface area (Å²) in [5.74, 6) is 0.189. The van der Waals surface area contributed by atoms with Crippen LogP contribution >= 0.6 is 0 Å². The van der Waals surface area contributed by atoms with Gasteiger partial charge in [-0.3, -0.25) is 0 Å². The minimum atomic E-state index is -1.10. The van der Waals surface area contributed by atoms with Gasteiger partial charge in [-0.15, -0.1) is 0 Å². The first kappa shape index (κ1) is 9.80. The van der Waals surface area contributed by atoms with Gasteiger partial charge in [0.1, 0.15) is 5.76 Å². The molecule has 0 aromatic heterocycles. The molecule has 0 fully saturated rings. The Morgan fingerprint density at radius 1 is 1.20 bits per heavy atom. The number of aliphatic hydroxyl groups is 2. The molecule has 1 unspecified atom stereocenters. The van der Waals surface area contributed by atoms with Crippen LogP contribution < -0.4 is 5.32 Å². The standard InChI is InChI=1S/C12H13NO2/c14-11-6-8-12(15,9-7-11)13-10-4-2-1-3-5-10/h1-8,13-15H,9H2. The Bertz CT molecular complexity index is 397. The Kier molecular flexibility index (Phi) is 2.47. The second-order valence-electron chi connectivity index (χ2n) is 3.58. The van der Waals surface area contributed by atoms with Crippen LogP contribution in [0.4, 0.5) is 5.69 Å². The molecule has 78 valence electrons. The van der Waals surface area contributed by atoms with Crippen molar-refractivity contribution in [2.45, 2.75) is 12.1 Å². The molecule has 1 aromatic rings. The van der Waals surface area contributed by atoms with Crippen molar-refractivity contribution in [3.05, 3.63) is 54.3 Å². The predicted molar refractivity (Wildman–Crippen MR) is 59.5 cm³/mol. The van der Waals surface area contributed by atoms with Crippen molar-refractivity contribution in [3.63, 3.8) is 0 Å². The molecule has 1 atom stereocenters. The van der Waals surface area contributed by atoms with E-state index in [-0.39, 0.29) is 5.76 Å². The zero-order valence-corrected chi connectivity index (χ0v) is 8.22. The molecule has 1 aromatic carbocycles. The molecular formula is C12H13NO2. The normalized spacial score (nSPS) is 24.7. The van der Waals surface area contributed by atoms with Crippen molar-refractivity contribution in [2.75, 3.05) is 5.32 Å².